The van der Waals surface area contributed by atoms with Crippen LogP contribution in [0.15, 0.2) is 36.5 Å². The molecule has 0 spiro atoms. The molecule has 1 aromatic carbocycles. The minimum atomic E-state index is -0.256. The first-order valence-corrected chi connectivity index (χ1v) is 6.19. The third-order valence-corrected chi connectivity index (χ3v) is 2.97. The van der Waals surface area contributed by atoms with Crippen molar-refractivity contribution in [2.45, 2.75) is 6.92 Å². The Labute approximate surface area is 116 Å². The molecule has 5 heteroatoms. The van der Waals surface area contributed by atoms with Crippen molar-refractivity contribution in [2.24, 2.45) is 0 Å². The van der Waals surface area contributed by atoms with Crippen LogP contribution in [-0.4, -0.2) is 17.9 Å². The Morgan fingerprint density at radius 1 is 1.26 bits per heavy atom. The highest BCUT2D eigenvalue weighted by Gasteiger charge is 2.09. The average molecular weight is 276 g/mol. The van der Waals surface area contributed by atoms with Gasteiger partial charge in [0.1, 0.15) is 5.69 Å². The average Bonchev–Trinajstić information content (AvgIpc) is 2.43. The highest BCUT2D eigenvalue weighted by Crippen LogP contribution is 2.20. The molecule has 0 saturated heterocycles. The molecule has 0 saturated carbocycles. The van der Waals surface area contributed by atoms with Crippen LogP contribution < -0.4 is 10.6 Å². The Balaban J connectivity index is 2.18. The normalized spacial score (nSPS) is 10.1. The third kappa shape index (κ3) is 3.23. The maximum Gasteiger partial charge on any atom is 0.274 e. The van der Waals surface area contributed by atoms with Gasteiger partial charge in [-0.25, -0.2) is 4.98 Å². The number of nitrogens with one attached hydrogen (secondary N) is 2. The molecular formula is C14H14ClN3O. The summed E-state index contributed by atoms with van der Waals surface area (Å²) in [7, 11) is 1.80. The molecule has 0 aliphatic rings. The first-order chi connectivity index (χ1) is 9.10. The predicted octanol–water partition coefficient (Wildman–Crippen LogP) is 3.34. The maximum absolute atomic E-state index is 12.0. The summed E-state index contributed by atoms with van der Waals surface area (Å²) in [6.45, 7) is 1.91. The second kappa shape index (κ2) is 5.71. The van der Waals surface area contributed by atoms with E-state index in [1.807, 2.05) is 13.0 Å². The Morgan fingerprint density at radius 3 is 2.68 bits per heavy atom. The molecule has 2 rings (SSSR count). The van der Waals surface area contributed by atoms with Gasteiger partial charge in [-0.3, -0.25) is 4.79 Å². The summed E-state index contributed by atoms with van der Waals surface area (Å²) in [5.74, 6) is -0.256. The molecule has 1 amide bonds. The number of amides is 1. The van der Waals surface area contributed by atoms with Crippen LogP contribution in [0.25, 0.3) is 0 Å². The zero-order valence-electron chi connectivity index (χ0n) is 10.7. The van der Waals surface area contributed by atoms with Crippen LogP contribution in [0.3, 0.4) is 0 Å². The summed E-state index contributed by atoms with van der Waals surface area (Å²) in [5.41, 5.74) is 2.86. The minimum Gasteiger partial charge on any atom is -0.387 e. The molecule has 1 aromatic heterocycles. The molecule has 19 heavy (non-hydrogen) atoms. The SMILES string of the molecule is CNc1ccc(C(=O)Nc2cc(Cl)ccc2C)nc1. The maximum atomic E-state index is 12.0. The molecule has 0 fully saturated rings. The number of hydrogen-bond donors (Lipinski definition) is 2. The van der Waals surface area contributed by atoms with Crippen LogP contribution in [0.4, 0.5) is 11.4 Å². The van der Waals surface area contributed by atoms with E-state index in [0.29, 0.717) is 16.4 Å². The van der Waals surface area contributed by atoms with Gasteiger partial charge in [-0.05, 0) is 36.8 Å². The van der Waals surface area contributed by atoms with Crippen LogP contribution >= 0.6 is 11.6 Å². The van der Waals surface area contributed by atoms with Crippen molar-refractivity contribution in [1.82, 2.24) is 4.98 Å². The molecule has 1 heterocycles. The van der Waals surface area contributed by atoms with Gasteiger partial charge in [-0.2, -0.15) is 0 Å². The van der Waals surface area contributed by atoms with Gasteiger partial charge in [0.2, 0.25) is 0 Å². The molecule has 2 aromatic rings. The quantitative estimate of drug-likeness (QED) is 0.903. The fourth-order valence-electron chi connectivity index (χ4n) is 1.59. The molecule has 0 aliphatic heterocycles. The molecule has 0 unspecified atom stereocenters. The number of pyridine rings is 1. The van der Waals surface area contributed by atoms with Crippen molar-refractivity contribution < 1.29 is 4.79 Å². The molecule has 2 N–H and O–H groups in total. The number of nitrogens with zero attached hydrogens (tertiary/aromatic N) is 1. The number of benzene rings is 1. The summed E-state index contributed by atoms with van der Waals surface area (Å²) in [4.78, 5) is 16.1. The van der Waals surface area contributed by atoms with Gasteiger partial charge >= 0.3 is 0 Å². The van der Waals surface area contributed by atoms with Crippen LogP contribution in [0.1, 0.15) is 16.1 Å². The number of aromatic nitrogens is 1. The van der Waals surface area contributed by atoms with E-state index in [-0.39, 0.29) is 5.91 Å². The van der Waals surface area contributed by atoms with Crippen molar-refractivity contribution in [2.75, 3.05) is 17.7 Å². The van der Waals surface area contributed by atoms with E-state index < -0.39 is 0 Å². The summed E-state index contributed by atoms with van der Waals surface area (Å²) in [6.07, 6.45) is 1.61. The standard InChI is InChI=1S/C14H14ClN3O/c1-9-3-4-10(15)7-13(9)18-14(19)12-6-5-11(16-2)8-17-12/h3-8,16H,1-2H3,(H,18,19). The minimum absolute atomic E-state index is 0.256. The lowest BCUT2D eigenvalue weighted by atomic mass is 10.2. The molecule has 98 valence electrons. The second-order valence-electron chi connectivity index (χ2n) is 4.10. The van der Waals surface area contributed by atoms with E-state index in [4.69, 9.17) is 11.6 Å². The van der Waals surface area contributed by atoms with Gasteiger partial charge in [0.25, 0.3) is 5.91 Å². The number of aryl methyl sites for hydroxylation is 1. The predicted molar refractivity (Wildman–Crippen MR) is 77.9 cm³/mol. The summed E-state index contributed by atoms with van der Waals surface area (Å²) in [5, 5.41) is 6.33. The van der Waals surface area contributed by atoms with E-state index in [0.717, 1.165) is 11.3 Å². The molecule has 0 radical (unpaired) electrons. The van der Waals surface area contributed by atoms with Gasteiger partial charge in [0.15, 0.2) is 0 Å². The first-order valence-electron chi connectivity index (χ1n) is 5.81. The molecule has 0 atom stereocenters. The fourth-order valence-corrected chi connectivity index (χ4v) is 1.76. The van der Waals surface area contributed by atoms with Crippen LogP contribution in [0, 0.1) is 6.92 Å². The Bertz CT molecular complexity index is 596. The summed E-state index contributed by atoms with van der Waals surface area (Å²) < 4.78 is 0. The number of hydrogen-bond acceptors (Lipinski definition) is 3. The van der Waals surface area contributed by atoms with E-state index in [1.165, 1.54) is 0 Å². The molecule has 0 aliphatic carbocycles. The van der Waals surface area contributed by atoms with E-state index in [2.05, 4.69) is 15.6 Å². The lowest BCUT2D eigenvalue weighted by Gasteiger charge is -2.08. The van der Waals surface area contributed by atoms with Crippen LogP contribution in [-0.2, 0) is 0 Å². The monoisotopic (exact) mass is 275 g/mol. The number of carbonyl (C=O) groups excluding carboxylic acids is 1. The zero-order chi connectivity index (χ0) is 13.8. The van der Waals surface area contributed by atoms with E-state index in [9.17, 15) is 4.79 Å². The zero-order valence-corrected chi connectivity index (χ0v) is 11.5. The number of carbonyl (C=O) groups is 1. The number of anilines is 2. The number of halogens is 1. The van der Waals surface area contributed by atoms with Crippen molar-refractivity contribution in [1.29, 1.82) is 0 Å². The lowest BCUT2D eigenvalue weighted by molar-refractivity contribution is 0.102. The summed E-state index contributed by atoms with van der Waals surface area (Å²) in [6, 6.07) is 8.83. The Hall–Kier alpha value is -2.07. The van der Waals surface area contributed by atoms with Crippen LogP contribution in [0.5, 0.6) is 0 Å². The number of rotatable bonds is 3. The second-order valence-corrected chi connectivity index (χ2v) is 4.53. The summed E-state index contributed by atoms with van der Waals surface area (Å²) >= 11 is 5.91. The highest BCUT2D eigenvalue weighted by atomic mass is 35.5. The Kier molecular flexibility index (Phi) is 4.02. The highest BCUT2D eigenvalue weighted by molar-refractivity contribution is 6.31. The van der Waals surface area contributed by atoms with Gasteiger partial charge in [0, 0.05) is 17.8 Å². The van der Waals surface area contributed by atoms with Crippen molar-refractivity contribution >= 4 is 28.9 Å². The smallest absolute Gasteiger partial charge is 0.274 e. The lowest BCUT2D eigenvalue weighted by Crippen LogP contribution is -2.14. The van der Waals surface area contributed by atoms with Crippen LogP contribution in [0.2, 0.25) is 5.02 Å². The van der Waals surface area contributed by atoms with Crippen molar-refractivity contribution in [3.63, 3.8) is 0 Å². The molecular weight excluding hydrogens is 262 g/mol. The van der Waals surface area contributed by atoms with Gasteiger partial charge in [-0.1, -0.05) is 17.7 Å². The van der Waals surface area contributed by atoms with E-state index in [1.54, 1.807) is 37.5 Å². The topological polar surface area (TPSA) is 54.0 Å². The third-order valence-electron chi connectivity index (χ3n) is 2.73. The van der Waals surface area contributed by atoms with Crippen molar-refractivity contribution in [3.8, 4) is 0 Å². The van der Waals surface area contributed by atoms with Crippen molar-refractivity contribution in [3.05, 3.63) is 52.8 Å². The van der Waals surface area contributed by atoms with Gasteiger partial charge < -0.3 is 10.6 Å². The fraction of sp³-hybridized carbons (Fsp3) is 0.143. The van der Waals surface area contributed by atoms with Gasteiger partial charge in [0.05, 0.1) is 11.9 Å². The Morgan fingerprint density at radius 2 is 2.05 bits per heavy atom. The first kappa shape index (κ1) is 13.4. The molecule has 0 bridgehead atoms. The largest absolute Gasteiger partial charge is 0.387 e. The van der Waals surface area contributed by atoms with E-state index >= 15 is 0 Å². The van der Waals surface area contributed by atoms with Gasteiger partial charge in [-0.15, -0.1) is 0 Å². The molecule has 4 nitrogen and oxygen atoms in total.